The van der Waals surface area contributed by atoms with Gasteiger partial charge in [0.2, 0.25) is 0 Å². The predicted molar refractivity (Wildman–Crippen MR) is 208 cm³/mol. The van der Waals surface area contributed by atoms with Crippen molar-refractivity contribution in [1.29, 1.82) is 0 Å². The third kappa shape index (κ3) is 4.71. The van der Waals surface area contributed by atoms with Crippen LogP contribution >= 0.6 is 0 Å². The van der Waals surface area contributed by atoms with E-state index in [2.05, 4.69) is 0 Å². The summed E-state index contributed by atoms with van der Waals surface area (Å²) >= 11 is 0. The molecule has 49 heavy (non-hydrogen) atoms. The fourth-order valence-electron chi connectivity index (χ4n) is 5.48. The molecule has 0 saturated carbocycles. The highest BCUT2D eigenvalue weighted by Gasteiger charge is 2.38. The van der Waals surface area contributed by atoms with Crippen LogP contribution in [0.1, 0.15) is 74.2 Å². The van der Waals surface area contributed by atoms with E-state index in [0.29, 0.717) is 0 Å². The van der Waals surface area contributed by atoms with E-state index < -0.39 is 278 Å². The van der Waals surface area contributed by atoms with Crippen LogP contribution in [0.2, 0.25) is 0 Å². The Morgan fingerprint density at radius 2 is 1.14 bits per heavy atom. The Balaban J connectivity index is 1.72. The maximum Gasteiger partial charge on any atom is 0.0649 e. The molecule has 1 aliphatic rings. The fraction of sp³-hybridized carbons (Fsp3) is 0.0638. The van der Waals surface area contributed by atoms with Gasteiger partial charge in [-0.3, -0.25) is 0 Å². The molecule has 0 aliphatic carbocycles. The van der Waals surface area contributed by atoms with Crippen molar-refractivity contribution in [1.82, 2.24) is 0 Å². The lowest BCUT2D eigenvalue weighted by atomic mass is 9.73. The Hall–Kier alpha value is -6.12. The van der Waals surface area contributed by atoms with Crippen LogP contribution in [0.25, 0.3) is 32.7 Å². The molecule has 1 aliphatic heterocycles. The molecule has 8 aromatic rings. The van der Waals surface area contributed by atoms with E-state index in [1.807, 2.05) is 0 Å². The second-order valence-corrected chi connectivity index (χ2v) is 10.3. The number of fused-ring (bicyclic) bond motifs is 4. The maximum atomic E-state index is 10.5. The van der Waals surface area contributed by atoms with Gasteiger partial charge < -0.3 is 9.80 Å². The van der Waals surface area contributed by atoms with Crippen molar-refractivity contribution in [2.75, 3.05) is 9.80 Å². The normalized spacial score (nSPS) is 24.1. The van der Waals surface area contributed by atoms with Gasteiger partial charge in [0.15, 0.2) is 0 Å². The summed E-state index contributed by atoms with van der Waals surface area (Å²) in [6.07, 6.45) is 0. The topological polar surface area (TPSA) is 6.48 Å². The summed E-state index contributed by atoms with van der Waals surface area (Å²) in [7, 11) is 0. The van der Waals surface area contributed by atoms with E-state index in [4.69, 9.17) is 26.0 Å². The van der Waals surface area contributed by atoms with Gasteiger partial charge in [-0.1, -0.05) is 153 Å². The number of hydrogen-bond donors (Lipinski definition) is 0. The average molecular weight is 665 g/mol. The third-order valence-electron chi connectivity index (χ3n) is 7.54. The van der Waals surface area contributed by atoms with Crippen molar-refractivity contribution < 1.29 is 49.3 Å². The first-order valence-corrected chi connectivity index (χ1v) is 14.1. The second kappa shape index (κ2) is 11.5. The van der Waals surface area contributed by atoms with Crippen LogP contribution in [0.5, 0.6) is 0 Å². The quantitative estimate of drug-likeness (QED) is 0.181. The molecule has 0 atom stereocenters. The first-order valence-electron chi connectivity index (χ1n) is 32.1. The van der Waals surface area contributed by atoms with Gasteiger partial charge in [0, 0.05) is 41.4 Å². The highest BCUT2D eigenvalue weighted by molar-refractivity contribution is 6.08. The number of nitrogens with zero attached hydrogens (tertiary/aromatic N) is 2. The summed E-state index contributed by atoms with van der Waals surface area (Å²) in [5, 5.41) is -4.00. The molecule has 0 N–H and O–H groups in total. The largest absolute Gasteiger partial charge is 0.310 e. The van der Waals surface area contributed by atoms with E-state index in [1.165, 1.54) is 0 Å². The van der Waals surface area contributed by atoms with E-state index in [1.54, 1.807) is 0 Å². The zero-order chi connectivity index (χ0) is 64.1. The van der Waals surface area contributed by atoms with Gasteiger partial charge in [0.25, 0.3) is 0 Å². The highest BCUT2D eigenvalue weighted by Crippen LogP contribution is 2.56. The van der Waals surface area contributed by atoms with Crippen LogP contribution in [-0.2, 0) is 5.41 Å². The number of rotatable bonds is 5. The van der Waals surface area contributed by atoms with Gasteiger partial charge in [-0.2, -0.15) is 0 Å². The minimum atomic E-state index is -4.39. The Kier molecular flexibility index (Phi) is 2.35. The van der Waals surface area contributed by atoms with Crippen LogP contribution in [-0.4, -0.2) is 0 Å². The standard InChI is InChI=1S/C47H36N2/c1-47(2)41-25-13-14-26-44(41)49(46-39-24-12-10-19-35(39)28-30-40(46)34-16-5-3-6-17-34)45-31-29-37(32-42(45)47)48(36-21-7-4-8-22-36)43-27-15-20-33-18-9-11-23-38(33)43/h3-32H,1-2H3/i1D3,2D3,3D,4D,5D,6D,7D,8D,9D,10D,11D,12D,13D,14D,15D,16D,17D,18D,19D,20D,21D,22D,23D,24D,25D,26D,27D,28D,29D,30D,31D,32D. The van der Waals surface area contributed by atoms with Gasteiger partial charge in [0.05, 0.1) is 63.9 Å². The zero-order valence-electron chi connectivity index (χ0n) is 60.4. The molecular weight excluding hydrogens is 593 g/mol. The third-order valence-corrected chi connectivity index (χ3v) is 7.54. The molecule has 9 rings (SSSR count). The molecule has 0 aromatic heterocycles. The maximum absolute atomic E-state index is 10.5. The van der Waals surface area contributed by atoms with Gasteiger partial charge in [-0.25, -0.2) is 0 Å². The molecule has 0 spiro atoms. The van der Waals surface area contributed by atoms with Crippen LogP contribution in [0, 0.1) is 0 Å². The second-order valence-electron chi connectivity index (χ2n) is 10.3. The van der Waals surface area contributed by atoms with E-state index in [0.717, 1.165) is 0 Å². The molecule has 0 amide bonds. The molecule has 0 unspecified atom stereocenters. The van der Waals surface area contributed by atoms with Crippen molar-refractivity contribution in [3.63, 3.8) is 0 Å². The molecule has 8 aromatic carbocycles. The minimum absolute atomic E-state index is 0.149. The lowest BCUT2D eigenvalue weighted by Gasteiger charge is -2.43. The van der Waals surface area contributed by atoms with Crippen LogP contribution in [0.3, 0.4) is 0 Å². The Bertz CT molecular complexity index is 4330. The van der Waals surface area contributed by atoms with Crippen molar-refractivity contribution in [2.24, 2.45) is 0 Å². The van der Waals surface area contributed by atoms with E-state index in [-0.39, 0.29) is 9.80 Å². The van der Waals surface area contributed by atoms with Crippen molar-refractivity contribution in [2.45, 2.75) is 19.1 Å². The average Bonchev–Trinajstić information content (AvgIpc) is 0.672. The summed E-state index contributed by atoms with van der Waals surface area (Å²) in [5.41, 5.74) is -18.1. The van der Waals surface area contributed by atoms with Crippen molar-refractivity contribution in [3.05, 3.63) is 192 Å². The van der Waals surface area contributed by atoms with Gasteiger partial charge in [-0.05, 0) is 69.8 Å². The van der Waals surface area contributed by atoms with E-state index >= 15 is 0 Å². The first kappa shape index (κ1) is 9.96. The lowest BCUT2D eigenvalue weighted by molar-refractivity contribution is 0.632. The molecule has 1 heterocycles. The molecule has 0 radical (unpaired) electrons. The number of anilines is 6. The van der Waals surface area contributed by atoms with Crippen LogP contribution in [0.15, 0.2) is 181 Å². The molecule has 0 saturated heterocycles. The number of benzene rings is 8. The number of hydrogen-bond acceptors (Lipinski definition) is 2. The lowest BCUT2D eigenvalue weighted by Crippen LogP contribution is -2.31. The van der Waals surface area contributed by atoms with Crippen LogP contribution in [0.4, 0.5) is 34.1 Å². The Labute approximate surface area is 338 Å². The SMILES string of the molecule is [2H]c1c([2H])c([2H])c(-c2c([2H])c([2H])c3c([2H])c([2H])c([2H])c([2H])c3c2N2c3c([2H])c([2H])c([2H])c([2H])c3C(C([2H])([2H])[2H])(C([2H])([2H])[2H])c3c([2H])c(N(c4c([2H])c([2H])c([2H])c([2H])c4[2H])c4c([2H])c([2H])c([2H])c5c([2H])c([2H])c([2H])c([2H])c45)c([2H])c([2H])c32)c([2H])c1[2H]. The summed E-state index contributed by atoms with van der Waals surface area (Å²) in [5.74, 6) is 0. The molecule has 2 heteroatoms. The molecule has 0 fully saturated rings. The van der Waals surface area contributed by atoms with Crippen LogP contribution < -0.4 is 9.80 Å². The summed E-state index contributed by atoms with van der Waals surface area (Å²) in [6.45, 7) is -8.78. The molecule has 0 bridgehead atoms. The van der Waals surface area contributed by atoms with Gasteiger partial charge in [-0.15, -0.1) is 0 Å². The monoisotopic (exact) mass is 665 g/mol. The molecular formula is C47H36N2. The van der Waals surface area contributed by atoms with E-state index in [9.17, 15) is 23.3 Å². The number of para-hydroxylation sites is 2. The zero-order valence-corrected chi connectivity index (χ0v) is 24.4. The van der Waals surface area contributed by atoms with Gasteiger partial charge in [0.1, 0.15) is 0 Å². The minimum Gasteiger partial charge on any atom is -0.310 e. The van der Waals surface area contributed by atoms with Crippen molar-refractivity contribution >= 4 is 55.7 Å². The fourth-order valence-corrected chi connectivity index (χ4v) is 5.48. The van der Waals surface area contributed by atoms with Crippen molar-refractivity contribution in [3.8, 4) is 11.1 Å². The Morgan fingerprint density at radius 1 is 0.510 bits per heavy atom. The molecule has 2 nitrogen and oxygen atoms in total. The summed E-state index contributed by atoms with van der Waals surface area (Å²) < 4.78 is 330. The summed E-state index contributed by atoms with van der Waals surface area (Å²) in [4.78, 5) is 0.418. The highest BCUT2D eigenvalue weighted by atomic mass is 15.2. The Morgan fingerprint density at radius 3 is 1.94 bits per heavy atom. The predicted octanol–water partition coefficient (Wildman–Crippen LogP) is 13.2. The molecule has 234 valence electrons. The van der Waals surface area contributed by atoms with Gasteiger partial charge >= 0.3 is 0 Å². The summed E-state index contributed by atoms with van der Waals surface area (Å²) in [6, 6.07) is -38.4. The first-order chi connectivity index (χ1) is 39.1. The smallest absolute Gasteiger partial charge is 0.0649 e.